The number of carbonyl (C=O) groups excluding carboxylic acids is 1. The van der Waals surface area contributed by atoms with Gasteiger partial charge in [0.25, 0.3) is 5.91 Å². The summed E-state index contributed by atoms with van der Waals surface area (Å²) in [6.45, 7) is 7.09. The molecule has 1 heterocycles. The number of hydrogen-bond donors (Lipinski definition) is 2. The van der Waals surface area contributed by atoms with Crippen LogP contribution in [0.3, 0.4) is 0 Å². The first-order valence-corrected chi connectivity index (χ1v) is 12.1. The van der Waals surface area contributed by atoms with Gasteiger partial charge >= 0.3 is 0 Å². The lowest BCUT2D eigenvalue weighted by molar-refractivity contribution is -0.119. The number of halogens is 1. The average molecular weight is 503 g/mol. The molecule has 3 aromatic rings. The van der Waals surface area contributed by atoms with Crippen molar-refractivity contribution in [2.45, 2.75) is 38.9 Å². The minimum atomic E-state index is -0.909. The van der Waals surface area contributed by atoms with Crippen molar-refractivity contribution in [2.24, 2.45) is 4.99 Å². The molecule has 0 saturated carbocycles. The van der Waals surface area contributed by atoms with Crippen LogP contribution in [0.25, 0.3) is 0 Å². The molecular formula is C28H27ClN4OS. The standard InChI is InChI=1S/C28H27ClN4OS/c1-28(2,3)20-12-10-18(11-13-20)17-30-27(35)32-25-26(34)33(4)23-15-14-21(29)16-22(23)24(31-25)19-8-6-5-7-9-19/h6,8-16,25H,17H2,1-4H3,(H2,30,32,35). The van der Waals surface area contributed by atoms with Crippen LogP contribution < -0.4 is 15.5 Å². The lowest BCUT2D eigenvalue weighted by Crippen LogP contribution is -2.49. The Bertz CT molecular complexity index is 1270. The number of nitrogens with one attached hydrogen (secondary N) is 2. The molecule has 0 aliphatic carbocycles. The molecule has 0 aromatic heterocycles. The molecule has 7 heteroatoms. The van der Waals surface area contributed by atoms with E-state index < -0.39 is 6.17 Å². The Morgan fingerprint density at radius 2 is 1.89 bits per heavy atom. The number of likely N-dealkylation sites (N-methyl/N-ethyl adjacent to an activating group) is 1. The molecule has 3 aromatic carbocycles. The number of nitrogens with zero attached hydrogens (tertiary/aromatic N) is 2. The predicted octanol–water partition coefficient (Wildman–Crippen LogP) is 5.04. The van der Waals surface area contributed by atoms with Crippen LogP contribution in [0.1, 0.15) is 43.0 Å². The Morgan fingerprint density at radius 3 is 2.54 bits per heavy atom. The van der Waals surface area contributed by atoms with Gasteiger partial charge < -0.3 is 15.5 Å². The van der Waals surface area contributed by atoms with Crippen molar-refractivity contribution >= 4 is 46.2 Å². The van der Waals surface area contributed by atoms with Crippen LogP contribution in [-0.4, -0.2) is 29.9 Å². The molecule has 0 fully saturated rings. The molecule has 4 rings (SSSR count). The van der Waals surface area contributed by atoms with E-state index in [1.54, 1.807) is 30.1 Å². The van der Waals surface area contributed by atoms with E-state index in [4.69, 9.17) is 28.8 Å². The number of benzene rings is 2. The summed E-state index contributed by atoms with van der Waals surface area (Å²) in [7, 11) is 1.72. The molecule has 1 atom stereocenters. The third-order valence-electron chi connectivity index (χ3n) is 5.87. The first-order chi connectivity index (χ1) is 16.6. The molecule has 1 amide bonds. The summed E-state index contributed by atoms with van der Waals surface area (Å²) in [5.41, 5.74) is 5.37. The van der Waals surface area contributed by atoms with E-state index in [0.717, 1.165) is 16.7 Å². The van der Waals surface area contributed by atoms with Crippen molar-refractivity contribution in [3.05, 3.63) is 100 Å². The van der Waals surface area contributed by atoms with Gasteiger partial charge in [-0.2, -0.15) is 0 Å². The van der Waals surface area contributed by atoms with Crippen LogP contribution in [0.2, 0.25) is 5.02 Å². The van der Waals surface area contributed by atoms with Gasteiger partial charge in [-0.15, -0.1) is 0 Å². The number of amides is 1. The van der Waals surface area contributed by atoms with Crippen molar-refractivity contribution < 1.29 is 4.79 Å². The van der Waals surface area contributed by atoms with E-state index >= 15 is 0 Å². The maximum atomic E-state index is 13.3. The predicted molar refractivity (Wildman–Crippen MR) is 146 cm³/mol. The SMILES string of the molecule is CN1C(=O)C(NC(=S)NCc2ccc(C(C)(C)C)cc2)N=C(c2cc#ccc2)c2cc(Cl)ccc21. The summed E-state index contributed by atoms with van der Waals surface area (Å²) < 4.78 is 0. The van der Waals surface area contributed by atoms with Gasteiger partial charge in [0, 0.05) is 29.7 Å². The minimum Gasteiger partial charge on any atom is -0.359 e. The van der Waals surface area contributed by atoms with Crippen LogP contribution >= 0.6 is 23.8 Å². The molecule has 5 nitrogen and oxygen atoms in total. The van der Waals surface area contributed by atoms with Crippen molar-refractivity contribution in [1.29, 1.82) is 0 Å². The third-order valence-corrected chi connectivity index (χ3v) is 6.37. The maximum absolute atomic E-state index is 13.3. The summed E-state index contributed by atoms with van der Waals surface area (Å²) >= 11 is 11.8. The lowest BCUT2D eigenvalue weighted by atomic mass is 9.87. The first kappa shape index (κ1) is 24.7. The fraction of sp³-hybridized carbons (Fsp3) is 0.250. The molecule has 178 valence electrons. The van der Waals surface area contributed by atoms with Gasteiger partial charge in [0.15, 0.2) is 5.11 Å². The van der Waals surface area contributed by atoms with Gasteiger partial charge in [0.2, 0.25) is 6.17 Å². The smallest absolute Gasteiger partial charge is 0.272 e. The molecule has 2 N–H and O–H groups in total. The number of thiocarbonyl (C=S) groups is 1. The summed E-state index contributed by atoms with van der Waals surface area (Å²) in [5.74, 6) is -0.228. The van der Waals surface area contributed by atoms with E-state index in [2.05, 4.69) is 67.8 Å². The number of rotatable bonds is 4. The van der Waals surface area contributed by atoms with E-state index in [1.807, 2.05) is 18.2 Å². The van der Waals surface area contributed by atoms with Crippen LogP contribution in [-0.2, 0) is 16.8 Å². The minimum absolute atomic E-state index is 0.0980. The van der Waals surface area contributed by atoms with E-state index in [9.17, 15) is 4.79 Å². The van der Waals surface area contributed by atoms with Gasteiger partial charge in [-0.05, 0) is 65.2 Å². The van der Waals surface area contributed by atoms with Crippen LogP contribution in [0.5, 0.6) is 0 Å². The van der Waals surface area contributed by atoms with Gasteiger partial charge in [0.1, 0.15) is 0 Å². The third kappa shape index (κ3) is 5.64. The highest BCUT2D eigenvalue weighted by atomic mass is 35.5. The second-order valence-electron chi connectivity index (χ2n) is 9.43. The maximum Gasteiger partial charge on any atom is 0.272 e. The van der Waals surface area contributed by atoms with Gasteiger partial charge in [-0.3, -0.25) is 4.79 Å². The number of aliphatic imine (C=N–C) groups is 1. The molecule has 0 spiro atoms. The number of benzodiazepines with no additional fused rings is 1. The fourth-order valence-corrected chi connectivity index (χ4v) is 4.20. The molecule has 0 radical (unpaired) electrons. The van der Waals surface area contributed by atoms with Crippen LogP contribution in [0, 0.1) is 12.1 Å². The van der Waals surface area contributed by atoms with Crippen molar-refractivity contribution in [3.8, 4) is 0 Å². The monoisotopic (exact) mass is 502 g/mol. The zero-order chi connectivity index (χ0) is 25.2. The second kappa shape index (κ2) is 10.1. The normalized spacial score (nSPS) is 15.5. The first-order valence-electron chi connectivity index (χ1n) is 11.3. The Morgan fingerprint density at radius 1 is 1.14 bits per heavy atom. The van der Waals surface area contributed by atoms with Crippen LogP contribution in [0.4, 0.5) is 5.69 Å². The van der Waals surface area contributed by atoms with Gasteiger partial charge in [-0.1, -0.05) is 68.8 Å². The van der Waals surface area contributed by atoms with Crippen molar-refractivity contribution in [1.82, 2.24) is 10.6 Å². The molecule has 0 saturated heterocycles. The second-order valence-corrected chi connectivity index (χ2v) is 10.3. The zero-order valence-corrected chi connectivity index (χ0v) is 21.7. The lowest BCUT2D eigenvalue weighted by Gasteiger charge is -2.22. The van der Waals surface area contributed by atoms with E-state index in [1.165, 1.54) is 5.56 Å². The van der Waals surface area contributed by atoms with Gasteiger partial charge in [-0.25, -0.2) is 4.99 Å². The molecule has 1 aliphatic heterocycles. The van der Waals surface area contributed by atoms with Crippen LogP contribution in [0.15, 0.2) is 65.7 Å². The van der Waals surface area contributed by atoms with E-state index in [-0.39, 0.29) is 11.3 Å². The topological polar surface area (TPSA) is 56.7 Å². The highest BCUT2D eigenvalue weighted by Gasteiger charge is 2.30. The zero-order valence-electron chi connectivity index (χ0n) is 20.1. The summed E-state index contributed by atoms with van der Waals surface area (Å²) in [5, 5.41) is 7.18. The quantitative estimate of drug-likeness (QED) is 0.491. The summed E-state index contributed by atoms with van der Waals surface area (Å²) in [4.78, 5) is 19.7. The number of carbonyl (C=O) groups is 1. The largest absolute Gasteiger partial charge is 0.359 e. The highest BCUT2D eigenvalue weighted by Crippen LogP contribution is 2.29. The molecule has 35 heavy (non-hydrogen) atoms. The number of hydrogen-bond acceptors (Lipinski definition) is 3. The summed E-state index contributed by atoms with van der Waals surface area (Å²) in [6, 6.07) is 25.1. The average Bonchev–Trinajstić information content (AvgIpc) is 2.93. The van der Waals surface area contributed by atoms with Gasteiger partial charge in [0.05, 0.1) is 11.4 Å². The Balaban J connectivity index is 1.56. The molecule has 1 unspecified atom stereocenters. The fourth-order valence-electron chi connectivity index (χ4n) is 3.84. The highest BCUT2D eigenvalue weighted by molar-refractivity contribution is 7.80. The number of anilines is 1. The Labute approximate surface area is 217 Å². The van der Waals surface area contributed by atoms with Crippen molar-refractivity contribution in [2.75, 3.05) is 11.9 Å². The number of fused-ring (bicyclic) bond motifs is 1. The Hall–Kier alpha value is -3.40. The van der Waals surface area contributed by atoms with Crippen molar-refractivity contribution in [3.63, 3.8) is 0 Å². The van der Waals surface area contributed by atoms with E-state index in [0.29, 0.717) is 28.1 Å². The molecule has 1 aliphatic rings. The Kier molecular flexibility index (Phi) is 7.11. The molecular weight excluding hydrogens is 476 g/mol. The molecule has 0 bridgehead atoms. The summed E-state index contributed by atoms with van der Waals surface area (Å²) in [6.07, 6.45) is -0.909.